The van der Waals surface area contributed by atoms with Crippen molar-refractivity contribution < 1.29 is 0 Å². The summed E-state index contributed by atoms with van der Waals surface area (Å²) in [6.07, 6.45) is 11.7. The van der Waals surface area contributed by atoms with E-state index in [-0.39, 0.29) is 0 Å². The fourth-order valence-corrected chi connectivity index (χ4v) is 5.16. The standard InChI is InChI=1S/C29H17N5/c30-16-19-13-20(33-26-7-3-1-5-22(26)24-9-11-31-17-28(24)33)15-21(14-19)34-27-8-4-2-6-23(27)25-10-12-32-18-29(25)34/h1,3,5-15,17,32H,18H2. The zero-order valence-electron chi connectivity index (χ0n) is 18.1. The van der Waals surface area contributed by atoms with E-state index in [9.17, 15) is 5.26 Å². The molecule has 0 unspecified atom stereocenters. The Morgan fingerprint density at radius 2 is 1.74 bits per heavy atom. The Bertz CT molecular complexity index is 1790. The largest absolute Gasteiger partial charge is 0.385 e. The summed E-state index contributed by atoms with van der Waals surface area (Å²) in [4.78, 5) is 4.39. The number of nitriles is 1. The van der Waals surface area contributed by atoms with Crippen LogP contribution in [0, 0.1) is 11.3 Å². The maximum Gasteiger partial charge on any atom is 0.0993 e. The summed E-state index contributed by atoms with van der Waals surface area (Å²) in [5.74, 6) is 0. The number of hydrogen-bond donors (Lipinski definition) is 1. The maximum absolute atomic E-state index is 9.94. The highest BCUT2D eigenvalue weighted by atomic mass is 15.1. The summed E-state index contributed by atoms with van der Waals surface area (Å²) in [6.45, 7) is 0.700. The average molecular weight is 435 g/mol. The molecule has 1 N–H and O–H groups in total. The van der Waals surface area contributed by atoms with Crippen LogP contribution in [-0.4, -0.2) is 14.1 Å². The molecular weight excluding hydrogens is 418 g/mol. The summed E-state index contributed by atoms with van der Waals surface area (Å²) >= 11 is 0. The van der Waals surface area contributed by atoms with Gasteiger partial charge in [0, 0.05) is 45.5 Å². The van der Waals surface area contributed by atoms with Crippen LogP contribution in [0.25, 0.3) is 51.4 Å². The van der Waals surface area contributed by atoms with Gasteiger partial charge in [0.05, 0.1) is 46.8 Å². The second kappa shape index (κ2) is 7.00. The van der Waals surface area contributed by atoms with Gasteiger partial charge in [-0.05, 0) is 48.7 Å². The molecule has 0 amide bonds. The molecule has 0 atom stereocenters. The minimum atomic E-state index is 0.601. The molecule has 0 bridgehead atoms. The topological polar surface area (TPSA) is 58.6 Å². The molecule has 5 aromatic rings. The summed E-state index contributed by atoms with van der Waals surface area (Å²) in [7, 11) is 0. The fraction of sp³-hybridized carbons (Fsp3) is 0.0345. The van der Waals surface area contributed by atoms with E-state index in [4.69, 9.17) is 0 Å². The molecule has 0 radical (unpaired) electrons. The number of hydrogen-bond acceptors (Lipinski definition) is 3. The highest BCUT2D eigenvalue weighted by Crippen LogP contribution is 2.36. The molecule has 5 heteroatoms. The number of nitrogens with zero attached hydrogens (tertiary/aromatic N) is 4. The van der Waals surface area contributed by atoms with Crippen LogP contribution in [-0.2, 0) is 6.54 Å². The van der Waals surface area contributed by atoms with E-state index in [1.54, 1.807) is 0 Å². The van der Waals surface area contributed by atoms with Crippen molar-refractivity contribution in [1.82, 2.24) is 19.4 Å². The molecule has 4 heterocycles. The number of nitrogens with one attached hydrogen (secondary N) is 1. The lowest BCUT2D eigenvalue weighted by Gasteiger charge is -2.17. The molecule has 2 aromatic carbocycles. The van der Waals surface area contributed by atoms with Crippen molar-refractivity contribution in [3.05, 3.63) is 107 Å². The van der Waals surface area contributed by atoms with E-state index in [0.717, 1.165) is 50.1 Å². The minimum absolute atomic E-state index is 0.601. The van der Waals surface area contributed by atoms with Crippen molar-refractivity contribution in [2.75, 3.05) is 0 Å². The Morgan fingerprint density at radius 1 is 0.912 bits per heavy atom. The lowest BCUT2D eigenvalue weighted by atomic mass is 10.1. The Balaban J connectivity index is 1.56. The van der Waals surface area contributed by atoms with Crippen LogP contribution in [0.15, 0.2) is 78.6 Å². The summed E-state index contributed by atoms with van der Waals surface area (Å²) in [6, 6.07) is 18.8. The van der Waals surface area contributed by atoms with Crippen molar-refractivity contribution in [2.45, 2.75) is 6.54 Å². The normalized spacial score (nSPS) is 13.1. The highest BCUT2D eigenvalue weighted by Gasteiger charge is 2.23. The first kappa shape index (κ1) is 18.6. The Hall–Kier alpha value is -5.00. The van der Waals surface area contributed by atoms with Gasteiger partial charge in [-0.3, -0.25) is 4.98 Å². The van der Waals surface area contributed by atoms with E-state index >= 15 is 0 Å². The third-order valence-electron chi connectivity index (χ3n) is 6.56. The Morgan fingerprint density at radius 3 is 2.65 bits per heavy atom. The molecule has 3 aromatic heterocycles. The predicted octanol–water partition coefficient (Wildman–Crippen LogP) is 5.71. The van der Waals surface area contributed by atoms with Crippen LogP contribution < -0.4 is 5.32 Å². The second-order valence-corrected chi connectivity index (χ2v) is 8.38. The van der Waals surface area contributed by atoms with E-state index in [1.165, 1.54) is 5.56 Å². The van der Waals surface area contributed by atoms with Gasteiger partial charge >= 0.3 is 0 Å². The average Bonchev–Trinajstić information content (AvgIpc) is 3.42. The van der Waals surface area contributed by atoms with Crippen LogP contribution in [0.1, 0.15) is 28.1 Å². The molecule has 34 heavy (non-hydrogen) atoms. The van der Waals surface area contributed by atoms with E-state index < -0.39 is 0 Å². The van der Waals surface area contributed by atoms with Gasteiger partial charge in [-0.15, -0.1) is 0 Å². The Kier molecular flexibility index (Phi) is 3.82. The lowest BCUT2D eigenvalue weighted by Crippen LogP contribution is -2.14. The van der Waals surface area contributed by atoms with E-state index in [1.807, 2.05) is 55.0 Å². The van der Waals surface area contributed by atoms with Gasteiger partial charge in [-0.25, -0.2) is 0 Å². The van der Waals surface area contributed by atoms with Gasteiger partial charge in [0.25, 0.3) is 0 Å². The van der Waals surface area contributed by atoms with Crippen molar-refractivity contribution >= 4 is 40.0 Å². The molecule has 0 saturated carbocycles. The number of fused-ring (bicyclic) bond motifs is 6. The van der Waals surface area contributed by atoms with E-state index in [0.29, 0.717) is 12.1 Å². The van der Waals surface area contributed by atoms with Gasteiger partial charge < -0.3 is 14.5 Å². The zero-order chi connectivity index (χ0) is 22.6. The second-order valence-electron chi connectivity index (χ2n) is 8.38. The molecule has 0 fully saturated rings. The van der Waals surface area contributed by atoms with Crippen molar-refractivity contribution in [2.24, 2.45) is 0 Å². The summed E-state index contributed by atoms with van der Waals surface area (Å²) < 4.78 is 4.42. The SMILES string of the molecule is N#Cc1cc(-n2c3c(c4c2CNC=C4)C=C=C=C3)cc(-n2c3ccccc3c3ccncc32)c1. The molecule has 7 rings (SSSR count). The van der Waals surface area contributed by atoms with E-state index in [2.05, 4.69) is 67.3 Å². The highest BCUT2D eigenvalue weighted by molar-refractivity contribution is 6.08. The fourth-order valence-electron chi connectivity index (χ4n) is 5.16. The van der Waals surface area contributed by atoms with Crippen LogP contribution in [0.2, 0.25) is 0 Å². The van der Waals surface area contributed by atoms with Crippen LogP contribution >= 0.6 is 0 Å². The molecule has 0 saturated heterocycles. The number of rotatable bonds is 2. The van der Waals surface area contributed by atoms with Gasteiger partial charge in [-0.1, -0.05) is 29.7 Å². The molecule has 1 aliphatic heterocycles. The molecule has 0 spiro atoms. The van der Waals surface area contributed by atoms with Gasteiger partial charge in [0.1, 0.15) is 0 Å². The number of para-hydroxylation sites is 1. The quantitative estimate of drug-likeness (QED) is 0.355. The first-order chi connectivity index (χ1) is 16.8. The zero-order valence-corrected chi connectivity index (χ0v) is 18.1. The van der Waals surface area contributed by atoms with Gasteiger partial charge in [-0.2, -0.15) is 5.26 Å². The van der Waals surface area contributed by atoms with Gasteiger partial charge in [0.15, 0.2) is 0 Å². The maximum atomic E-state index is 9.94. The number of benzene rings is 2. The first-order valence-electron chi connectivity index (χ1n) is 11.1. The molecule has 158 valence electrons. The number of pyridine rings is 1. The molecule has 2 aliphatic rings. The van der Waals surface area contributed by atoms with Crippen molar-refractivity contribution in [3.8, 4) is 17.4 Å². The molecular formula is C29H17N5. The van der Waals surface area contributed by atoms with Gasteiger partial charge in [0.2, 0.25) is 0 Å². The first-order valence-corrected chi connectivity index (χ1v) is 11.1. The molecule has 1 aliphatic carbocycles. The Labute approximate surface area is 195 Å². The lowest BCUT2D eigenvalue weighted by molar-refractivity contribution is 0.792. The smallest absolute Gasteiger partial charge is 0.0993 e. The van der Waals surface area contributed by atoms with Crippen LogP contribution in [0.5, 0.6) is 0 Å². The predicted molar refractivity (Wildman–Crippen MR) is 134 cm³/mol. The third-order valence-corrected chi connectivity index (χ3v) is 6.56. The third kappa shape index (κ3) is 2.53. The van der Waals surface area contributed by atoms with Crippen LogP contribution in [0.4, 0.5) is 0 Å². The summed E-state index contributed by atoms with van der Waals surface area (Å²) in [5, 5.41) is 15.6. The summed E-state index contributed by atoms with van der Waals surface area (Å²) in [5.41, 5.74) is 15.2. The number of aromatic nitrogens is 3. The molecule has 5 nitrogen and oxygen atoms in total. The van der Waals surface area contributed by atoms with Crippen molar-refractivity contribution in [1.29, 1.82) is 5.26 Å². The van der Waals surface area contributed by atoms with Crippen molar-refractivity contribution in [3.63, 3.8) is 0 Å². The minimum Gasteiger partial charge on any atom is -0.385 e. The monoisotopic (exact) mass is 435 g/mol. The van der Waals surface area contributed by atoms with Crippen LogP contribution in [0.3, 0.4) is 0 Å².